The quantitative estimate of drug-likeness (QED) is 0.740. The second-order valence-electron chi connectivity index (χ2n) is 6.09. The van der Waals surface area contributed by atoms with Crippen LogP contribution in [0.2, 0.25) is 0 Å². The number of carbonyl (C=O) groups excluding carboxylic acids is 2. The molecule has 6 nitrogen and oxygen atoms in total. The summed E-state index contributed by atoms with van der Waals surface area (Å²) in [6, 6.07) is -0.160. The number of hydrogen-bond donors (Lipinski definition) is 2. The smallest absolute Gasteiger partial charge is 0.407 e. The first-order valence-electron chi connectivity index (χ1n) is 6.53. The third kappa shape index (κ3) is 4.70. The van der Waals surface area contributed by atoms with Gasteiger partial charge in [-0.25, -0.2) is 4.79 Å². The van der Waals surface area contributed by atoms with E-state index in [9.17, 15) is 9.59 Å². The first kappa shape index (κ1) is 15.8. The van der Waals surface area contributed by atoms with E-state index in [0.29, 0.717) is 12.8 Å². The van der Waals surface area contributed by atoms with Crippen molar-refractivity contribution in [3.63, 3.8) is 0 Å². The standard InChI is InChI=1S/C13H24N2O4/c1-12(2,3)19-11(17)15-9-6-5-7-13(14,8-9)10(16)18-4/h9H,5-8,14H2,1-4H3,(H,15,17). The summed E-state index contributed by atoms with van der Waals surface area (Å²) in [7, 11) is 1.32. The minimum atomic E-state index is -1.01. The lowest BCUT2D eigenvalue weighted by atomic mass is 9.80. The predicted molar refractivity (Wildman–Crippen MR) is 70.6 cm³/mol. The van der Waals surface area contributed by atoms with Crippen LogP contribution in [0.1, 0.15) is 46.5 Å². The van der Waals surface area contributed by atoms with E-state index in [1.165, 1.54) is 7.11 Å². The third-order valence-corrected chi connectivity index (χ3v) is 3.10. The van der Waals surface area contributed by atoms with Crippen LogP contribution in [0.25, 0.3) is 0 Å². The van der Waals surface area contributed by atoms with Gasteiger partial charge in [0.2, 0.25) is 0 Å². The van der Waals surface area contributed by atoms with E-state index in [4.69, 9.17) is 15.2 Å². The molecule has 2 atom stereocenters. The lowest BCUT2D eigenvalue weighted by molar-refractivity contribution is -0.148. The summed E-state index contributed by atoms with van der Waals surface area (Å²) in [6.07, 6.45) is 2.03. The van der Waals surface area contributed by atoms with Crippen molar-refractivity contribution in [3.05, 3.63) is 0 Å². The highest BCUT2D eigenvalue weighted by Gasteiger charge is 2.41. The van der Waals surface area contributed by atoms with Gasteiger partial charge in [0.05, 0.1) is 7.11 Å². The Labute approximate surface area is 114 Å². The monoisotopic (exact) mass is 272 g/mol. The molecule has 0 heterocycles. The summed E-state index contributed by atoms with van der Waals surface area (Å²) < 4.78 is 9.91. The molecule has 1 saturated carbocycles. The minimum Gasteiger partial charge on any atom is -0.468 e. The molecule has 1 aliphatic rings. The number of alkyl carbamates (subject to hydrolysis) is 1. The fourth-order valence-corrected chi connectivity index (χ4v) is 2.29. The number of amides is 1. The second kappa shape index (κ2) is 5.77. The van der Waals surface area contributed by atoms with E-state index in [1.807, 2.05) is 0 Å². The Morgan fingerprint density at radius 1 is 1.37 bits per heavy atom. The van der Waals surface area contributed by atoms with Crippen LogP contribution in [0.15, 0.2) is 0 Å². The summed E-state index contributed by atoms with van der Waals surface area (Å²) >= 11 is 0. The second-order valence-corrected chi connectivity index (χ2v) is 6.09. The lowest BCUT2D eigenvalue weighted by Gasteiger charge is -2.36. The molecule has 1 fully saturated rings. The van der Waals surface area contributed by atoms with E-state index in [2.05, 4.69) is 5.32 Å². The van der Waals surface area contributed by atoms with Crippen LogP contribution < -0.4 is 11.1 Å². The average Bonchev–Trinajstić information content (AvgIpc) is 2.25. The van der Waals surface area contributed by atoms with Crippen molar-refractivity contribution in [3.8, 4) is 0 Å². The van der Waals surface area contributed by atoms with E-state index < -0.39 is 23.2 Å². The third-order valence-electron chi connectivity index (χ3n) is 3.10. The Hall–Kier alpha value is -1.30. The van der Waals surface area contributed by atoms with Crippen LogP contribution in [0.5, 0.6) is 0 Å². The molecule has 0 aliphatic heterocycles. The fraction of sp³-hybridized carbons (Fsp3) is 0.846. The molecule has 19 heavy (non-hydrogen) atoms. The van der Waals surface area contributed by atoms with Crippen molar-refractivity contribution in [2.24, 2.45) is 5.73 Å². The van der Waals surface area contributed by atoms with E-state index in [0.717, 1.165) is 12.8 Å². The van der Waals surface area contributed by atoms with Gasteiger partial charge in [0.15, 0.2) is 0 Å². The molecule has 0 aromatic heterocycles. The number of hydrogen-bond acceptors (Lipinski definition) is 5. The molecule has 0 radical (unpaired) electrons. The number of esters is 1. The molecule has 0 bridgehead atoms. The number of nitrogens with one attached hydrogen (secondary N) is 1. The van der Waals surface area contributed by atoms with Crippen LogP contribution in [-0.2, 0) is 14.3 Å². The van der Waals surface area contributed by atoms with Gasteiger partial charge in [0.1, 0.15) is 11.1 Å². The van der Waals surface area contributed by atoms with Crippen LogP contribution in [0, 0.1) is 0 Å². The Bertz CT molecular complexity index is 351. The molecule has 110 valence electrons. The van der Waals surface area contributed by atoms with Gasteiger partial charge in [0.25, 0.3) is 0 Å². The number of nitrogens with two attached hydrogens (primary N) is 1. The first-order valence-corrected chi connectivity index (χ1v) is 6.53. The molecule has 2 unspecified atom stereocenters. The van der Waals surface area contributed by atoms with Crippen molar-refractivity contribution < 1.29 is 19.1 Å². The zero-order valence-electron chi connectivity index (χ0n) is 12.1. The summed E-state index contributed by atoms with van der Waals surface area (Å²) in [5.41, 5.74) is 4.49. The molecular weight excluding hydrogens is 248 g/mol. The Balaban J connectivity index is 2.56. The molecule has 1 amide bonds. The van der Waals surface area contributed by atoms with Gasteiger partial charge >= 0.3 is 12.1 Å². The molecule has 0 aromatic rings. The van der Waals surface area contributed by atoms with Gasteiger partial charge in [-0.2, -0.15) is 0 Å². The fourth-order valence-electron chi connectivity index (χ4n) is 2.29. The maximum absolute atomic E-state index is 11.7. The first-order chi connectivity index (χ1) is 8.66. The molecule has 0 saturated heterocycles. The van der Waals surface area contributed by atoms with Crippen LogP contribution in [0.3, 0.4) is 0 Å². The largest absolute Gasteiger partial charge is 0.468 e. The van der Waals surface area contributed by atoms with Crippen LogP contribution in [0.4, 0.5) is 4.79 Å². The van der Waals surface area contributed by atoms with Gasteiger partial charge in [-0.3, -0.25) is 4.79 Å². The van der Waals surface area contributed by atoms with Crippen molar-refractivity contribution in [1.29, 1.82) is 0 Å². The SMILES string of the molecule is COC(=O)C1(N)CCCC(NC(=O)OC(C)(C)C)C1. The Kier molecular flexibility index (Phi) is 4.79. The van der Waals surface area contributed by atoms with E-state index in [1.54, 1.807) is 20.8 Å². The van der Waals surface area contributed by atoms with Gasteiger partial charge in [-0.15, -0.1) is 0 Å². The predicted octanol–water partition coefficient (Wildman–Crippen LogP) is 1.32. The number of methoxy groups -OCH3 is 1. The van der Waals surface area contributed by atoms with Gasteiger partial charge in [-0.1, -0.05) is 0 Å². The highest BCUT2D eigenvalue weighted by Crippen LogP contribution is 2.27. The van der Waals surface area contributed by atoms with Gasteiger partial charge in [-0.05, 0) is 46.5 Å². The summed E-state index contributed by atoms with van der Waals surface area (Å²) in [4.78, 5) is 23.3. The number of rotatable bonds is 2. The highest BCUT2D eigenvalue weighted by molar-refractivity contribution is 5.80. The normalized spacial score (nSPS) is 27.5. The molecule has 0 aromatic carbocycles. The van der Waals surface area contributed by atoms with E-state index >= 15 is 0 Å². The summed E-state index contributed by atoms with van der Waals surface area (Å²) in [5.74, 6) is -0.428. The average molecular weight is 272 g/mol. The van der Waals surface area contributed by atoms with Crippen molar-refractivity contribution in [2.45, 2.75) is 63.6 Å². The minimum absolute atomic E-state index is 0.160. The Morgan fingerprint density at radius 3 is 2.53 bits per heavy atom. The summed E-state index contributed by atoms with van der Waals surface area (Å²) in [6.45, 7) is 5.40. The van der Waals surface area contributed by atoms with Gasteiger partial charge < -0.3 is 20.5 Å². The van der Waals surface area contributed by atoms with Crippen molar-refractivity contribution in [1.82, 2.24) is 5.32 Å². The number of carbonyl (C=O) groups is 2. The van der Waals surface area contributed by atoms with Crippen molar-refractivity contribution >= 4 is 12.1 Å². The van der Waals surface area contributed by atoms with Crippen molar-refractivity contribution in [2.75, 3.05) is 7.11 Å². The summed E-state index contributed by atoms with van der Waals surface area (Å²) in [5, 5.41) is 2.76. The molecule has 1 rings (SSSR count). The molecule has 1 aliphatic carbocycles. The van der Waals surface area contributed by atoms with Gasteiger partial charge in [0, 0.05) is 6.04 Å². The topological polar surface area (TPSA) is 90.6 Å². The zero-order valence-corrected chi connectivity index (χ0v) is 12.1. The maximum Gasteiger partial charge on any atom is 0.407 e. The van der Waals surface area contributed by atoms with Crippen LogP contribution in [-0.4, -0.2) is 36.4 Å². The lowest BCUT2D eigenvalue weighted by Crippen LogP contribution is -2.56. The zero-order chi connectivity index (χ0) is 14.7. The molecular formula is C13H24N2O4. The molecule has 3 N–H and O–H groups in total. The van der Waals surface area contributed by atoms with E-state index in [-0.39, 0.29) is 6.04 Å². The highest BCUT2D eigenvalue weighted by atomic mass is 16.6. The number of ether oxygens (including phenoxy) is 2. The molecule has 0 spiro atoms. The van der Waals surface area contributed by atoms with Crippen LogP contribution >= 0.6 is 0 Å². The molecule has 6 heteroatoms. The Morgan fingerprint density at radius 2 is 2.00 bits per heavy atom. The maximum atomic E-state index is 11.7.